The van der Waals surface area contributed by atoms with Crippen LogP contribution in [0, 0.1) is 12.8 Å². The molecule has 8 nitrogen and oxygen atoms in total. The van der Waals surface area contributed by atoms with Crippen LogP contribution in [0.1, 0.15) is 38.4 Å². The standard InChI is InChI=1S/C17H25N3O5S/c1-11-3-5-13(6-4-11)18-15(21)8-24-17(23)10-26-9-16(22)19-14-7-12(2)25-20-14/h7,11,13H,3-6,8-10H2,1-2H3,(H,18,21)(H,19,20,22). The fourth-order valence-electron chi connectivity index (χ4n) is 2.69. The van der Waals surface area contributed by atoms with Gasteiger partial charge in [-0.25, -0.2) is 0 Å². The maximum absolute atomic E-state index is 11.8. The monoisotopic (exact) mass is 383 g/mol. The number of esters is 1. The number of ether oxygens (including phenoxy) is 1. The summed E-state index contributed by atoms with van der Waals surface area (Å²) >= 11 is 1.11. The quantitative estimate of drug-likeness (QED) is 0.660. The van der Waals surface area contributed by atoms with Gasteiger partial charge in [0.05, 0.1) is 11.5 Å². The summed E-state index contributed by atoms with van der Waals surface area (Å²) in [5, 5.41) is 9.10. The van der Waals surface area contributed by atoms with E-state index in [2.05, 4.69) is 22.7 Å². The number of nitrogens with one attached hydrogen (secondary N) is 2. The molecule has 26 heavy (non-hydrogen) atoms. The first-order valence-electron chi connectivity index (χ1n) is 8.68. The number of aromatic nitrogens is 1. The molecular formula is C17H25N3O5S. The highest BCUT2D eigenvalue weighted by Gasteiger charge is 2.20. The Balaban J connectivity index is 1.54. The van der Waals surface area contributed by atoms with Crippen molar-refractivity contribution in [2.45, 2.75) is 45.6 Å². The van der Waals surface area contributed by atoms with Crippen LogP contribution in [-0.2, 0) is 19.1 Å². The molecule has 1 heterocycles. The maximum atomic E-state index is 11.8. The molecule has 1 aromatic rings. The highest BCUT2D eigenvalue weighted by atomic mass is 32.2. The van der Waals surface area contributed by atoms with Crippen LogP contribution in [0.5, 0.6) is 0 Å². The van der Waals surface area contributed by atoms with E-state index >= 15 is 0 Å². The molecule has 0 atom stereocenters. The predicted molar refractivity (Wildman–Crippen MR) is 97.7 cm³/mol. The summed E-state index contributed by atoms with van der Waals surface area (Å²) in [6.45, 7) is 3.65. The second-order valence-corrected chi connectivity index (χ2v) is 7.53. The zero-order chi connectivity index (χ0) is 18.9. The van der Waals surface area contributed by atoms with Crippen molar-refractivity contribution < 1.29 is 23.6 Å². The van der Waals surface area contributed by atoms with Gasteiger partial charge in [0.15, 0.2) is 12.4 Å². The SMILES string of the molecule is Cc1cc(NC(=O)CSCC(=O)OCC(=O)NC2CCC(C)CC2)no1. The first-order valence-corrected chi connectivity index (χ1v) is 9.83. The Morgan fingerprint density at radius 3 is 2.62 bits per heavy atom. The van der Waals surface area contributed by atoms with Gasteiger partial charge in [-0.05, 0) is 38.5 Å². The number of anilines is 1. The summed E-state index contributed by atoms with van der Waals surface area (Å²) in [5.74, 6) is 0.632. The first kappa shape index (κ1) is 20.3. The Kier molecular flexibility index (Phi) is 7.96. The van der Waals surface area contributed by atoms with E-state index in [1.165, 1.54) is 0 Å². The molecule has 144 valence electrons. The number of hydrogen-bond donors (Lipinski definition) is 2. The fourth-order valence-corrected chi connectivity index (χ4v) is 3.30. The second kappa shape index (κ2) is 10.2. The van der Waals surface area contributed by atoms with Gasteiger partial charge in [0.25, 0.3) is 5.91 Å². The third-order valence-corrected chi connectivity index (χ3v) is 5.00. The van der Waals surface area contributed by atoms with Gasteiger partial charge in [-0.1, -0.05) is 12.1 Å². The van der Waals surface area contributed by atoms with Crippen LogP contribution in [0.25, 0.3) is 0 Å². The van der Waals surface area contributed by atoms with E-state index in [0.29, 0.717) is 17.5 Å². The molecule has 1 saturated carbocycles. The van der Waals surface area contributed by atoms with Crippen LogP contribution < -0.4 is 10.6 Å². The third kappa shape index (κ3) is 7.47. The summed E-state index contributed by atoms with van der Waals surface area (Å²) in [4.78, 5) is 35.1. The van der Waals surface area contributed by atoms with E-state index in [9.17, 15) is 14.4 Å². The smallest absolute Gasteiger partial charge is 0.316 e. The van der Waals surface area contributed by atoms with Crippen molar-refractivity contribution in [3.05, 3.63) is 11.8 Å². The van der Waals surface area contributed by atoms with E-state index in [1.807, 2.05) is 0 Å². The fraction of sp³-hybridized carbons (Fsp3) is 0.647. The van der Waals surface area contributed by atoms with Crippen molar-refractivity contribution in [1.29, 1.82) is 0 Å². The van der Waals surface area contributed by atoms with Gasteiger partial charge in [0.2, 0.25) is 5.91 Å². The predicted octanol–water partition coefficient (Wildman–Crippen LogP) is 1.89. The summed E-state index contributed by atoms with van der Waals surface area (Å²) in [6, 6.07) is 1.78. The summed E-state index contributed by atoms with van der Waals surface area (Å²) in [6.07, 6.45) is 4.16. The number of thioether (sulfide) groups is 1. The van der Waals surface area contributed by atoms with Crippen molar-refractivity contribution in [2.24, 2.45) is 5.92 Å². The first-order chi connectivity index (χ1) is 12.4. The number of rotatable bonds is 8. The molecule has 0 bridgehead atoms. The van der Waals surface area contributed by atoms with E-state index in [0.717, 1.165) is 37.4 Å². The molecule has 1 fully saturated rings. The second-order valence-electron chi connectivity index (χ2n) is 6.55. The zero-order valence-electron chi connectivity index (χ0n) is 15.1. The Morgan fingerprint density at radius 2 is 1.96 bits per heavy atom. The number of nitrogens with zero attached hydrogens (tertiary/aromatic N) is 1. The molecule has 2 amide bonds. The van der Waals surface area contributed by atoms with Gasteiger partial charge in [0.1, 0.15) is 5.76 Å². The van der Waals surface area contributed by atoms with Crippen LogP contribution in [0.2, 0.25) is 0 Å². The Hall–Kier alpha value is -2.03. The number of amides is 2. The lowest BCUT2D eigenvalue weighted by molar-refractivity contribution is -0.146. The molecule has 2 rings (SSSR count). The molecule has 0 unspecified atom stereocenters. The van der Waals surface area contributed by atoms with Crippen molar-refractivity contribution in [3.63, 3.8) is 0 Å². The van der Waals surface area contributed by atoms with Crippen LogP contribution in [0.4, 0.5) is 5.82 Å². The molecule has 0 aromatic carbocycles. The van der Waals surface area contributed by atoms with Crippen LogP contribution in [-0.4, -0.2) is 47.1 Å². The lowest BCUT2D eigenvalue weighted by Crippen LogP contribution is -2.39. The molecule has 0 saturated heterocycles. The Morgan fingerprint density at radius 1 is 1.23 bits per heavy atom. The van der Waals surface area contributed by atoms with Crippen LogP contribution in [0.15, 0.2) is 10.6 Å². The number of hydrogen-bond acceptors (Lipinski definition) is 7. The van der Waals surface area contributed by atoms with Crippen molar-refractivity contribution in [3.8, 4) is 0 Å². The van der Waals surface area contributed by atoms with Gasteiger partial charge in [0, 0.05) is 12.1 Å². The van der Waals surface area contributed by atoms with E-state index < -0.39 is 5.97 Å². The zero-order valence-corrected chi connectivity index (χ0v) is 15.9. The molecule has 1 aliphatic rings. The lowest BCUT2D eigenvalue weighted by atomic mass is 9.87. The van der Waals surface area contributed by atoms with Crippen LogP contribution >= 0.6 is 11.8 Å². The molecule has 1 aliphatic carbocycles. The number of aryl methyl sites for hydroxylation is 1. The summed E-state index contributed by atoms with van der Waals surface area (Å²) in [5.41, 5.74) is 0. The molecule has 0 spiro atoms. The lowest BCUT2D eigenvalue weighted by Gasteiger charge is -2.26. The van der Waals surface area contributed by atoms with Crippen LogP contribution in [0.3, 0.4) is 0 Å². The van der Waals surface area contributed by atoms with Gasteiger partial charge < -0.3 is 19.9 Å². The van der Waals surface area contributed by atoms with Gasteiger partial charge in [-0.15, -0.1) is 11.8 Å². The average molecular weight is 383 g/mol. The van der Waals surface area contributed by atoms with Gasteiger partial charge >= 0.3 is 5.97 Å². The molecule has 2 N–H and O–H groups in total. The van der Waals surface area contributed by atoms with Gasteiger partial charge in [-0.2, -0.15) is 0 Å². The normalized spacial score (nSPS) is 19.6. The average Bonchev–Trinajstić information content (AvgIpc) is 3.00. The number of carbonyl (C=O) groups excluding carboxylic acids is 3. The maximum Gasteiger partial charge on any atom is 0.316 e. The van der Waals surface area contributed by atoms with Crippen molar-refractivity contribution in [1.82, 2.24) is 10.5 Å². The molecule has 0 aliphatic heterocycles. The molecule has 1 aromatic heterocycles. The molecular weight excluding hydrogens is 358 g/mol. The minimum atomic E-state index is -0.521. The third-order valence-electron chi connectivity index (χ3n) is 4.09. The highest BCUT2D eigenvalue weighted by molar-refractivity contribution is 8.00. The largest absolute Gasteiger partial charge is 0.455 e. The summed E-state index contributed by atoms with van der Waals surface area (Å²) in [7, 11) is 0. The number of carbonyl (C=O) groups is 3. The van der Waals surface area contributed by atoms with Crippen molar-refractivity contribution in [2.75, 3.05) is 23.4 Å². The topological polar surface area (TPSA) is 111 Å². The summed E-state index contributed by atoms with van der Waals surface area (Å²) < 4.78 is 9.78. The Labute approximate surface area is 156 Å². The minimum absolute atomic E-state index is 0.000509. The van der Waals surface area contributed by atoms with E-state index in [1.54, 1.807) is 13.0 Å². The van der Waals surface area contributed by atoms with E-state index in [-0.39, 0.29) is 36.0 Å². The minimum Gasteiger partial charge on any atom is -0.455 e. The van der Waals surface area contributed by atoms with Gasteiger partial charge in [-0.3, -0.25) is 14.4 Å². The van der Waals surface area contributed by atoms with E-state index in [4.69, 9.17) is 9.26 Å². The molecule has 0 radical (unpaired) electrons. The van der Waals surface area contributed by atoms with Crippen molar-refractivity contribution >= 4 is 35.4 Å². The molecule has 9 heteroatoms. The Bertz CT molecular complexity index is 626. The highest BCUT2D eigenvalue weighted by Crippen LogP contribution is 2.23.